The standard InChI is InChI=1S/C22H25NO3/c1-25-19-13-17-11-12-23(22(24)16-9-6-10-16)21(15-7-4-3-5-8-15)18(17)14-20(19)26-2/h3-5,7-8,13-14,16,21H,6,9-12H2,1-2H3. The van der Waals surface area contributed by atoms with Crippen LogP contribution in [0.25, 0.3) is 0 Å². The largest absolute Gasteiger partial charge is 0.493 e. The van der Waals surface area contributed by atoms with Gasteiger partial charge >= 0.3 is 0 Å². The molecule has 0 N–H and O–H groups in total. The second-order valence-corrected chi connectivity index (χ2v) is 7.13. The van der Waals surface area contributed by atoms with Gasteiger partial charge in [0.25, 0.3) is 0 Å². The average molecular weight is 351 g/mol. The van der Waals surface area contributed by atoms with Crippen LogP contribution in [0.1, 0.15) is 42.0 Å². The molecule has 1 aliphatic carbocycles. The maximum absolute atomic E-state index is 13.1. The third-order valence-electron chi connectivity index (χ3n) is 5.73. The van der Waals surface area contributed by atoms with E-state index in [0.29, 0.717) is 11.7 Å². The van der Waals surface area contributed by atoms with Crippen LogP contribution in [0.2, 0.25) is 0 Å². The highest BCUT2D eigenvalue weighted by atomic mass is 16.5. The molecule has 0 bridgehead atoms. The zero-order valence-electron chi connectivity index (χ0n) is 15.4. The molecule has 4 rings (SSSR count). The minimum absolute atomic E-state index is 0.0622. The first kappa shape index (κ1) is 17.0. The van der Waals surface area contributed by atoms with Crippen molar-refractivity contribution in [2.24, 2.45) is 5.92 Å². The van der Waals surface area contributed by atoms with E-state index in [9.17, 15) is 4.79 Å². The van der Waals surface area contributed by atoms with Crippen LogP contribution < -0.4 is 9.47 Å². The molecule has 26 heavy (non-hydrogen) atoms. The molecule has 4 heteroatoms. The predicted molar refractivity (Wildman–Crippen MR) is 101 cm³/mol. The molecule has 1 fully saturated rings. The lowest BCUT2D eigenvalue weighted by atomic mass is 9.81. The van der Waals surface area contributed by atoms with Crippen molar-refractivity contribution in [2.45, 2.75) is 31.7 Å². The Morgan fingerprint density at radius 3 is 2.35 bits per heavy atom. The lowest BCUT2D eigenvalue weighted by Crippen LogP contribution is -2.45. The number of amides is 1. The van der Waals surface area contributed by atoms with Crippen molar-refractivity contribution in [2.75, 3.05) is 20.8 Å². The molecule has 4 nitrogen and oxygen atoms in total. The fraction of sp³-hybridized carbons (Fsp3) is 0.409. The molecular formula is C22H25NO3. The first-order chi connectivity index (χ1) is 12.7. The molecule has 0 radical (unpaired) electrons. The summed E-state index contributed by atoms with van der Waals surface area (Å²) in [5, 5.41) is 0. The Balaban J connectivity index is 1.81. The fourth-order valence-corrected chi connectivity index (χ4v) is 4.07. The Morgan fingerprint density at radius 2 is 1.73 bits per heavy atom. The number of hydrogen-bond donors (Lipinski definition) is 0. The highest BCUT2D eigenvalue weighted by Gasteiger charge is 2.37. The summed E-state index contributed by atoms with van der Waals surface area (Å²) in [6.07, 6.45) is 4.06. The van der Waals surface area contributed by atoms with Gasteiger partial charge in [-0.1, -0.05) is 36.8 Å². The number of carbonyl (C=O) groups excluding carboxylic acids is 1. The molecule has 0 spiro atoms. The number of nitrogens with zero attached hydrogens (tertiary/aromatic N) is 1. The quantitative estimate of drug-likeness (QED) is 0.836. The number of methoxy groups -OCH3 is 2. The van der Waals surface area contributed by atoms with Gasteiger partial charge in [0.2, 0.25) is 5.91 Å². The molecule has 1 aliphatic heterocycles. The summed E-state index contributed by atoms with van der Waals surface area (Å²) >= 11 is 0. The van der Waals surface area contributed by atoms with E-state index in [1.54, 1.807) is 14.2 Å². The fourth-order valence-electron chi connectivity index (χ4n) is 4.07. The molecule has 0 saturated heterocycles. The van der Waals surface area contributed by atoms with Gasteiger partial charge in [-0.3, -0.25) is 4.79 Å². The van der Waals surface area contributed by atoms with Crippen molar-refractivity contribution in [1.82, 2.24) is 4.90 Å². The van der Waals surface area contributed by atoms with Crippen LogP contribution in [-0.4, -0.2) is 31.6 Å². The van der Waals surface area contributed by atoms with Crippen LogP contribution in [0.3, 0.4) is 0 Å². The molecule has 1 saturated carbocycles. The van der Waals surface area contributed by atoms with Crippen LogP contribution in [-0.2, 0) is 11.2 Å². The van der Waals surface area contributed by atoms with Gasteiger partial charge in [0.05, 0.1) is 20.3 Å². The molecule has 1 unspecified atom stereocenters. The van der Waals surface area contributed by atoms with E-state index in [2.05, 4.69) is 23.1 Å². The van der Waals surface area contributed by atoms with E-state index in [1.165, 1.54) is 12.0 Å². The van der Waals surface area contributed by atoms with E-state index in [1.807, 2.05) is 24.3 Å². The molecule has 2 aromatic rings. The van der Waals surface area contributed by atoms with Crippen LogP contribution in [0.4, 0.5) is 0 Å². The second-order valence-electron chi connectivity index (χ2n) is 7.13. The molecule has 2 aliphatic rings. The van der Waals surface area contributed by atoms with E-state index >= 15 is 0 Å². The van der Waals surface area contributed by atoms with Crippen LogP contribution in [0.5, 0.6) is 11.5 Å². The predicted octanol–water partition coefficient (Wildman–Crippen LogP) is 3.98. The summed E-state index contributed by atoms with van der Waals surface area (Å²) in [7, 11) is 3.32. The molecule has 1 atom stereocenters. The van der Waals surface area contributed by atoms with E-state index in [0.717, 1.165) is 42.7 Å². The average Bonchev–Trinajstić information content (AvgIpc) is 2.65. The molecule has 0 aromatic heterocycles. The number of carbonyl (C=O) groups is 1. The molecule has 136 valence electrons. The maximum atomic E-state index is 13.1. The zero-order valence-corrected chi connectivity index (χ0v) is 15.4. The van der Waals surface area contributed by atoms with Crippen LogP contribution in [0, 0.1) is 5.92 Å². The zero-order chi connectivity index (χ0) is 18.1. The lowest BCUT2D eigenvalue weighted by molar-refractivity contribution is -0.140. The lowest BCUT2D eigenvalue weighted by Gasteiger charge is -2.41. The van der Waals surface area contributed by atoms with Gasteiger partial charge < -0.3 is 14.4 Å². The number of benzene rings is 2. The topological polar surface area (TPSA) is 38.8 Å². The van der Waals surface area contributed by atoms with E-state index in [4.69, 9.17) is 9.47 Å². The number of hydrogen-bond acceptors (Lipinski definition) is 3. The second kappa shape index (κ2) is 7.02. The highest BCUT2D eigenvalue weighted by molar-refractivity contribution is 5.81. The van der Waals surface area contributed by atoms with Crippen molar-refractivity contribution in [3.05, 3.63) is 59.2 Å². The molecule has 1 amide bonds. The number of ether oxygens (including phenoxy) is 2. The summed E-state index contributed by atoms with van der Waals surface area (Å²) in [5.74, 6) is 1.95. The summed E-state index contributed by atoms with van der Waals surface area (Å²) in [6.45, 7) is 0.747. The molecular weight excluding hydrogens is 326 g/mol. The van der Waals surface area contributed by atoms with Crippen molar-refractivity contribution in [3.63, 3.8) is 0 Å². The third kappa shape index (κ3) is 2.83. The van der Waals surface area contributed by atoms with Crippen molar-refractivity contribution in [1.29, 1.82) is 0 Å². The summed E-state index contributed by atoms with van der Waals surface area (Å²) < 4.78 is 11.0. The molecule has 2 aromatic carbocycles. The van der Waals surface area contributed by atoms with Crippen LogP contribution in [0.15, 0.2) is 42.5 Å². The van der Waals surface area contributed by atoms with Crippen molar-refractivity contribution >= 4 is 5.91 Å². The van der Waals surface area contributed by atoms with E-state index in [-0.39, 0.29) is 12.0 Å². The summed E-state index contributed by atoms with van der Waals surface area (Å²) in [5.41, 5.74) is 3.52. The SMILES string of the molecule is COc1cc2c(cc1OC)C(c1ccccc1)N(C(=O)C1CCC1)CC2. The summed E-state index contributed by atoms with van der Waals surface area (Å²) in [4.78, 5) is 15.2. The maximum Gasteiger partial charge on any atom is 0.226 e. The Morgan fingerprint density at radius 1 is 1.04 bits per heavy atom. The highest BCUT2D eigenvalue weighted by Crippen LogP contribution is 2.42. The normalized spacial score (nSPS) is 19.5. The monoisotopic (exact) mass is 351 g/mol. The van der Waals surface area contributed by atoms with Gasteiger partial charge in [-0.25, -0.2) is 0 Å². The Bertz CT molecular complexity index is 799. The van der Waals surface area contributed by atoms with Gasteiger partial charge in [-0.15, -0.1) is 0 Å². The van der Waals surface area contributed by atoms with Crippen molar-refractivity contribution < 1.29 is 14.3 Å². The van der Waals surface area contributed by atoms with Gasteiger partial charge in [0.15, 0.2) is 11.5 Å². The van der Waals surface area contributed by atoms with E-state index < -0.39 is 0 Å². The first-order valence-corrected chi connectivity index (χ1v) is 9.33. The third-order valence-corrected chi connectivity index (χ3v) is 5.73. The Labute approximate surface area is 154 Å². The Hall–Kier alpha value is -2.49. The molecule has 1 heterocycles. The smallest absolute Gasteiger partial charge is 0.226 e. The number of fused-ring (bicyclic) bond motifs is 1. The first-order valence-electron chi connectivity index (χ1n) is 9.33. The van der Waals surface area contributed by atoms with Gasteiger partial charge in [0, 0.05) is 12.5 Å². The summed E-state index contributed by atoms with van der Waals surface area (Å²) in [6, 6.07) is 14.4. The van der Waals surface area contributed by atoms with Gasteiger partial charge in [-0.05, 0) is 48.1 Å². The van der Waals surface area contributed by atoms with Crippen molar-refractivity contribution in [3.8, 4) is 11.5 Å². The minimum Gasteiger partial charge on any atom is -0.493 e. The Kier molecular flexibility index (Phi) is 4.58. The number of rotatable bonds is 4. The minimum atomic E-state index is -0.0622. The van der Waals surface area contributed by atoms with Gasteiger partial charge in [-0.2, -0.15) is 0 Å². The van der Waals surface area contributed by atoms with Crippen LogP contribution >= 0.6 is 0 Å². The van der Waals surface area contributed by atoms with Gasteiger partial charge in [0.1, 0.15) is 0 Å².